The van der Waals surface area contributed by atoms with Gasteiger partial charge in [-0.25, -0.2) is 0 Å². The van der Waals surface area contributed by atoms with Crippen LogP contribution < -0.4 is 5.32 Å². The zero-order chi connectivity index (χ0) is 14.7. The highest BCUT2D eigenvalue weighted by Gasteiger charge is 2.15. The van der Waals surface area contributed by atoms with Crippen molar-refractivity contribution in [1.82, 2.24) is 15.1 Å². The van der Waals surface area contributed by atoms with Crippen LogP contribution in [0.25, 0.3) is 0 Å². The molecule has 1 heterocycles. The summed E-state index contributed by atoms with van der Waals surface area (Å²) < 4.78 is 1.92. The highest BCUT2D eigenvalue weighted by Crippen LogP contribution is 2.21. The van der Waals surface area contributed by atoms with Crippen LogP contribution >= 0.6 is 0 Å². The molecule has 2 rings (SSSR count). The van der Waals surface area contributed by atoms with Crippen LogP contribution in [0.1, 0.15) is 41.0 Å². The Morgan fingerprint density at radius 3 is 2.75 bits per heavy atom. The third kappa shape index (κ3) is 2.89. The minimum Gasteiger partial charge on any atom is -0.306 e. The Morgan fingerprint density at radius 2 is 2.15 bits per heavy atom. The molecule has 0 aliphatic rings. The minimum absolute atomic E-state index is 0.231. The molecular weight excluding hydrogens is 248 g/mol. The standard InChI is InChI=1S/C16H20N4/c1-11(16-12(2)19-20(4)13(16)3)18-10-15-7-5-6-14(8-15)9-17/h5-8,11,18H,10H2,1-4H3. The largest absolute Gasteiger partial charge is 0.306 e. The van der Waals surface area contributed by atoms with Gasteiger partial charge in [0.2, 0.25) is 0 Å². The Bertz CT molecular complexity index is 649. The molecule has 1 aromatic heterocycles. The molecule has 1 N–H and O–H groups in total. The summed E-state index contributed by atoms with van der Waals surface area (Å²) in [5, 5.41) is 16.9. The molecule has 104 valence electrons. The van der Waals surface area contributed by atoms with E-state index in [2.05, 4.69) is 30.3 Å². The van der Waals surface area contributed by atoms with Crippen LogP contribution in [0.2, 0.25) is 0 Å². The molecule has 2 aromatic rings. The van der Waals surface area contributed by atoms with Crippen molar-refractivity contribution < 1.29 is 0 Å². The van der Waals surface area contributed by atoms with Crippen molar-refractivity contribution in [2.45, 2.75) is 33.4 Å². The number of nitriles is 1. The van der Waals surface area contributed by atoms with Crippen LogP contribution in [0.3, 0.4) is 0 Å². The van der Waals surface area contributed by atoms with Crippen molar-refractivity contribution in [2.75, 3.05) is 0 Å². The quantitative estimate of drug-likeness (QED) is 0.927. The van der Waals surface area contributed by atoms with Gasteiger partial charge in [0, 0.05) is 30.9 Å². The average Bonchev–Trinajstić information content (AvgIpc) is 2.70. The van der Waals surface area contributed by atoms with Gasteiger partial charge in [-0.3, -0.25) is 4.68 Å². The van der Waals surface area contributed by atoms with E-state index in [1.54, 1.807) is 0 Å². The number of aryl methyl sites for hydroxylation is 2. The number of hydrogen-bond acceptors (Lipinski definition) is 3. The molecule has 0 radical (unpaired) electrons. The molecule has 1 atom stereocenters. The highest BCUT2D eigenvalue weighted by atomic mass is 15.3. The van der Waals surface area contributed by atoms with Gasteiger partial charge in [-0.05, 0) is 38.5 Å². The van der Waals surface area contributed by atoms with Crippen molar-refractivity contribution in [3.05, 3.63) is 52.3 Å². The third-order valence-electron chi connectivity index (χ3n) is 3.67. The maximum atomic E-state index is 8.91. The Labute approximate surface area is 120 Å². The first kappa shape index (κ1) is 14.3. The number of aromatic nitrogens is 2. The predicted molar refractivity (Wildman–Crippen MR) is 79.1 cm³/mol. The summed E-state index contributed by atoms with van der Waals surface area (Å²) in [5.41, 5.74) is 5.33. The van der Waals surface area contributed by atoms with Crippen molar-refractivity contribution in [2.24, 2.45) is 7.05 Å². The first-order chi connectivity index (χ1) is 9.52. The van der Waals surface area contributed by atoms with Gasteiger partial charge in [-0.2, -0.15) is 10.4 Å². The van der Waals surface area contributed by atoms with Crippen LogP contribution in [-0.2, 0) is 13.6 Å². The van der Waals surface area contributed by atoms with Crippen LogP contribution in [0.15, 0.2) is 24.3 Å². The highest BCUT2D eigenvalue weighted by molar-refractivity contribution is 5.33. The summed E-state index contributed by atoms with van der Waals surface area (Å²) in [6.45, 7) is 7.01. The van der Waals surface area contributed by atoms with Crippen LogP contribution in [0.5, 0.6) is 0 Å². The maximum absolute atomic E-state index is 8.91. The lowest BCUT2D eigenvalue weighted by Gasteiger charge is -2.15. The van der Waals surface area contributed by atoms with E-state index in [0.29, 0.717) is 5.56 Å². The molecule has 0 aliphatic carbocycles. The molecule has 20 heavy (non-hydrogen) atoms. The predicted octanol–water partition coefficient (Wildman–Crippen LogP) is 2.76. The minimum atomic E-state index is 0.231. The van der Waals surface area contributed by atoms with Gasteiger partial charge in [0.1, 0.15) is 0 Å². The summed E-state index contributed by atoms with van der Waals surface area (Å²) in [6.07, 6.45) is 0. The van der Waals surface area contributed by atoms with E-state index in [-0.39, 0.29) is 6.04 Å². The van der Waals surface area contributed by atoms with Gasteiger partial charge in [-0.15, -0.1) is 0 Å². The van der Waals surface area contributed by atoms with E-state index < -0.39 is 0 Å². The zero-order valence-corrected chi connectivity index (χ0v) is 12.4. The van der Waals surface area contributed by atoms with Gasteiger partial charge in [0.05, 0.1) is 17.3 Å². The van der Waals surface area contributed by atoms with E-state index in [0.717, 1.165) is 17.8 Å². The number of rotatable bonds is 4. The molecule has 4 heteroatoms. The summed E-state index contributed by atoms with van der Waals surface area (Å²) in [7, 11) is 1.97. The number of benzene rings is 1. The first-order valence-electron chi connectivity index (χ1n) is 6.75. The smallest absolute Gasteiger partial charge is 0.0991 e. The van der Waals surface area contributed by atoms with E-state index in [1.165, 1.54) is 11.3 Å². The SMILES string of the molecule is Cc1nn(C)c(C)c1C(C)NCc1cccc(C#N)c1. The average molecular weight is 268 g/mol. The Morgan fingerprint density at radius 1 is 1.40 bits per heavy atom. The van der Waals surface area contributed by atoms with Gasteiger partial charge >= 0.3 is 0 Å². The Hall–Kier alpha value is -2.12. The summed E-state index contributed by atoms with van der Waals surface area (Å²) in [4.78, 5) is 0. The first-order valence-corrected chi connectivity index (χ1v) is 6.75. The van der Waals surface area contributed by atoms with Gasteiger partial charge in [-0.1, -0.05) is 12.1 Å². The molecule has 0 bridgehead atoms. The fraction of sp³-hybridized carbons (Fsp3) is 0.375. The second-order valence-corrected chi connectivity index (χ2v) is 5.12. The van der Waals surface area contributed by atoms with Crippen molar-refractivity contribution in [3.8, 4) is 6.07 Å². The molecule has 4 nitrogen and oxygen atoms in total. The number of hydrogen-bond donors (Lipinski definition) is 1. The topological polar surface area (TPSA) is 53.6 Å². The fourth-order valence-electron chi connectivity index (χ4n) is 2.54. The molecule has 0 saturated carbocycles. The van der Waals surface area contributed by atoms with Gasteiger partial charge < -0.3 is 5.32 Å². The normalized spacial score (nSPS) is 12.2. The number of nitrogens with one attached hydrogen (secondary N) is 1. The van der Waals surface area contributed by atoms with E-state index in [4.69, 9.17) is 5.26 Å². The van der Waals surface area contributed by atoms with Gasteiger partial charge in [0.15, 0.2) is 0 Å². The lowest BCUT2D eigenvalue weighted by Crippen LogP contribution is -2.19. The van der Waals surface area contributed by atoms with Crippen LogP contribution in [-0.4, -0.2) is 9.78 Å². The molecule has 1 unspecified atom stereocenters. The van der Waals surface area contributed by atoms with E-state index >= 15 is 0 Å². The second-order valence-electron chi connectivity index (χ2n) is 5.12. The van der Waals surface area contributed by atoms with E-state index in [9.17, 15) is 0 Å². The Balaban J connectivity index is 2.09. The third-order valence-corrected chi connectivity index (χ3v) is 3.67. The number of nitrogens with zero attached hydrogens (tertiary/aromatic N) is 3. The Kier molecular flexibility index (Phi) is 4.21. The van der Waals surface area contributed by atoms with E-state index in [1.807, 2.05) is 42.9 Å². The fourth-order valence-corrected chi connectivity index (χ4v) is 2.54. The van der Waals surface area contributed by atoms with Crippen molar-refractivity contribution in [1.29, 1.82) is 5.26 Å². The zero-order valence-electron chi connectivity index (χ0n) is 12.4. The second kappa shape index (κ2) is 5.89. The molecule has 0 aliphatic heterocycles. The lowest BCUT2D eigenvalue weighted by atomic mass is 10.1. The molecule has 0 spiro atoms. The monoisotopic (exact) mass is 268 g/mol. The van der Waals surface area contributed by atoms with Crippen molar-refractivity contribution in [3.63, 3.8) is 0 Å². The van der Waals surface area contributed by atoms with Gasteiger partial charge in [0.25, 0.3) is 0 Å². The summed E-state index contributed by atoms with van der Waals surface area (Å²) >= 11 is 0. The maximum Gasteiger partial charge on any atom is 0.0991 e. The molecule has 0 fully saturated rings. The van der Waals surface area contributed by atoms with Crippen LogP contribution in [0.4, 0.5) is 0 Å². The lowest BCUT2D eigenvalue weighted by molar-refractivity contribution is 0.568. The summed E-state index contributed by atoms with van der Waals surface area (Å²) in [6, 6.07) is 10.1. The van der Waals surface area contributed by atoms with Crippen molar-refractivity contribution >= 4 is 0 Å². The van der Waals surface area contributed by atoms with Crippen LogP contribution in [0, 0.1) is 25.2 Å². The molecule has 1 aromatic carbocycles. The molecule has 0 saturated heterocycles. The molecular formula is C16H20N4. The molecule has 0 amide bonds. The summed E-state index contributed by atoms with van der Waals surface area (Å²) in [5.74, 6) is 0.